The zero-order valence-electron chi connectivity index (χ0n) is 14.3. The monoisotopic (exact) mass is 427 g/mol. The van der Waals surface area contributed by atoms with Gasteiger partial charge in [0.05, 0.1) is 15.5 Å². The van der Waals surface area contributed by atoms with Gasteiger partial charge in [-0.25, -0.2) is 13.6 Å². The van der Waals surface area contributed by atoms with Crippen LogP contribution >= 0.6 is 23.2 Å². The molecule has 0 fully saturated rings. The number of carbonyl (C=O) groups is 1. The van der Waals surface area contributed by atoms with E-state index < -0.39 is 15.9 Å². The lowest BCUT2D eigenvalue weighted by molar-refractivity contribution is 0.102. The van der Waals surface area contributed by atoms with E-state index in [0.29, 0.717) is 10.7 Å². The van der Waals surface area contributed by atoms with Crippen molar-refractivity contribution in [3.63, 3.8) is 0 Å². The minimum absolute atomic E-state index is 0.0122. The Bertz CT molecular complexity index is 976. The molecule has 9 heteroatoms. The Kier molecular flexibility index (Phi) is 7.26. The number of benzene rings is 2. The van der Waals surface area contributed by atoms with E-state index in [1.807, 2.05) is 6.08 Å². The van der Waals surface area contributed by atoms with Crippen LogP contribution in [-0.4, -0.2) is 14.3 Å². The number of anilines is 1. The van der Waals surface area contributed by atoms with E-state index in [1.165, 1.54) is 18.3 Å². The molecule has 0 atom stereocenters. The van der Waals surface area contributed by atoms with Gasteiger partial charge in [0.15, 0.2) is 0 Å². The number of sulfonamides is 1. The quantitative estimate of drug-likeness (QED) is 0.584. The van der Waals surface area contributed by atoms with Crippen LogP contribution in [0, 0.1) is 0 Å². The number of hydrogen-bond acceptors (Lipinski definition) is 4. The number of aryl methyl sites for hydroxylation is 1. The fourth-order valence-corrected chi connectivity index (χ4v) is 3.49. The van der Waals surface area contributed by atoms with Crippen LogP contribution in [-0.2, 0) is 16.4 Å². The van der Waals surface area contributed by atoms with Gasteiger partial charge in [-0.2, -0.15) is 0 Å². The molecule has 27 heavy (non-hydrogen) atoms. The number of halogens is 2. The van der Waals surface area contributed by atoms with E-state index >= 15 is 0 Å². The summed E-state index contributed by atoms with van der Waals surface area (Å²) in [6.07, 6.45) is 5.80. The van der Waals surface area contributed by atoms with Crippen molar-refractivity contribution in [2.24, 2.45) is 10.9 Å². The first-order valence-electron chi connectivity index (χ1n) is 8.01. The second kappa shape index (κ2) is 9.23. The lowest BCUT2D eigenvalue weighted by atomic mass is 10.1. The number of unbranched alkanes of at least 4 members (excludes halogenated alkanes) is 1. The summed E-state index contributed by atoms with van der Waals surface area (Å²) in [5, 5.41) is 8.38. The van der Waals surface area contributed by atoms with Gasteiger partial charge in [0.1, 0.15) is 0 Å². The predicted octanol–water partition coefficient (Wildman–Crippen LogP) is 3.69. The van der Waals surface area contributed by atoms with Crippen LogP contribution in [0.1, 0.15) is 28.8 Å². The van der Waals surface area contributed by atoms with Crippen molar-refractivity contribution in [3.05, 3.63) is 69.8 Å². The molecule has 0 bridgehead atoms. The first kappa shape index (κ1) is 21.2. The largest absolute Gasteiger partial charge is 0.405 e. The fraction of sp³-hybridized carbons (Fsp3) is 0.167. The number of nitrogens with one attached hydrogen (secondary N) is 1. The van der Waals surface area contributed by atoms with E-state index in [0.717, 1.165) is 30.9 Å². The molecule has 0 unspecified atom stereocenters. The third-order valence-electron chi connectivity index (χ3n) is 3.77. The average molecular weight is 428 g/mol. The van der Waals surface area contributed by atoms with E-state index in [2.05, 4.69) is 5.32 Å². The van der Waals surface area contributed by atoms with Crippen molar-refractivity contribution >= 4 is 44.8 Å². The van der Waals surface area contributed by atoms with Crippen LogP contribution < -0.4 is 16.2 Å². The molecular formula is C18H19Cl2N3O3S. The van der Waals surface area contributed by atoms with Crippen molar-refractivity contribution in [2.45, 2.75) is 24.2 Å². The van der Waals surface area contributed by atoms with Crippen LogP contribution in [0.25, 0.3) is 0 Å². The van der Waals surface area contributed by atoms with Crippen molar-refractivity contribution in [3.8, 4) is 0 Å². The highest BCUT2D eigenvalue weighted by molar-refractivity contribution is 7.89. The molecular weight excluding hydrogens is 409 g/mol. The van der Waals surface area contributed by atoms with Crippen molar-refractivity contribution in [2.75, 3.05) is 5.32 Å². The summed E-state index contributed by atoms with van der Waals surface area (Å²) in [5.41, 5.74) is 6.90. The molecule has 1 amide bonds. The van der Waals surface area contributed by atoms with E-state index in [-0.39, 0.29) is 15.5 Å². The molecule has 2 aromatic rings. The maximum absolute atomic E-state index is 12.5. The maximum Gasteiger partial charge on any atom is 0.257 e. The fourth-order valence-electron chi connectivity index (χ4n) is 2.41. The van der Waals surface area contributed by atoms with Crippen LogP contribution in [0.2, 0.25) is 10.0 Å². The standard InChI is InChI=1S/C18H19Cl2N3O3S/c19-16-8-5-13(10-12(16)4-2-1-3-9-21)23-18(24)15-7-6-14(11-17(15)20)27(22,25)26/h3,5-11H,1-2,4,21H2,(H,23,24)(H2,22,25,26)/b9-3-. The smallest absolute Gasteiger partial charge is 0.257 e. The molecule has 0 spiro atoms. The average Bonchev–Trinajstić information content (AvgIpc) is 2.60. The van der Waals surface area contributed by atoms with Crippen LogP contribution in [0.5, 0.6) is 0 Å². The Morgan fingerprint density at radius 2 is 1.85 bits per heavy atom. The summed E-state index contributed by atoms with van der Waals surface area (Å²) in [7, 11) is -3.89. The molecule has 0 aliphatic heterocycles. The summed E-state index contributed by atoms with van der Waals surface area (Å²) in [4.78, 5) is 12.3. The van der Waals surface area contributed by atoms with Gasteiger partial charge in [-0.05, 0) is 67.4 Å². The molecule has 0 aromatic heterocycles. The number of primary sulfonamides is 1. The normalized spacial score (nSPS) is 11.7. The van der Waals surface area contributed by atoms with Gasteiger partial charge >= 0.3 is 0 Å². The SMILES string of the molecule is N/C=C\CCCc1cc(NC(=O)c2ccc(S(N)(=O)=O)cc2Cl)ccc1Cl. The number of allylic oxidation sites excluding steroid dienone is 1. The second-order valence-electron chi connectivity index (χ2n) is 5.77. The van der Waals surface area contributed by atoms with Gasteiger partial charge in [0.2, 0.25) is 10.0 Å². The molecule has 0 aliphatic carbocycles. The Labute approximate surface area is 168 Å². The Morgan fingerprint density at radius 1 is 1.11 bits per heavy atom. The first-order chi connectivity index (χ1) is 12.7. The van der Waals surface area contributed by atoms with E-state index in [9.17, 15) is 13.2 Å². The number of nitrogens with two attached hydrogens (primary N) is 2. The number of rotatable bonds is 7. The van der Waals surface area contributed by atoms with Gasteiger partial charge in [0.25, 0.3) is 5.91 Å². The Hall–Kier alpha value is -2.06. The number of amides is 1. The topological polar surface area (TPSA) is 115 Å². The summed E-state index contributed by atoms with van der Waals surface area (Å²) in [6.45, 7) is 0. The summed E-state index contributed by atoms with van der Waals surface area (Å²) in [6, 6.07) is 8.86. The Balaban J connectivity index is 2.16. The van der Waals surface area contributed by atoms with E-state index in [4.69, 9.17) is 34.1 Å². The first-order valence-corrected chi connectivity index (χ1v) is 10.3. The van der Waals surface area contributed by atoms with Crippen molar-refractivity contribution in [1.82, 2.24) is 0 Å². The highest BCUT2D eigenvalue weighted by Gasteiger charge is 2.15. The van der Waals surface area contributed by atoms with Gasteiger partial charge in [0, 0.05) is 10.7 Å². The lowest BCUT2D eigenvalue weighted by Gasteiger charge is -2.10. The maximum atomic E-state index is 12.5. The number of carbonyl (C=O) groups excluding carboxylic acids is 1. The highest BCUT2D eigenvalue weighted by Crippen LogP contribution is 2.25. The molecule has 2 rings (SSSR count). The zero-order valence-corrected chi connectivity index (χ0v) is 16.6. The van der Waals surface area contributed by atoms with E-state index in [1.54, 1.807) is 18.2 Å². The van der Waals surface area contributed by atoms with Crippen LogP contribution in [0.15, 0.2) is 53.6 Å². The van der Waals surface area contributed by atoms with Crippen molar-refractivity contribution in [1.29, 1.82) is 0 Å². The molecule has 0 saturated heterocycles. The number of hydrogen-bond donors (Lipinski definition) is 3. The van der Waals surface area contributed by atoms with Crippen LogP contribution in [0.4, 0.5) is 5.69 Å². The third-order valence-corrected chi connectivity index (χ3v) is 5.36. The molecule has 0 heterocycles. The van der Waals surface area contributed by atoms with Gasteiger partial charge in [-0.1, -0.05) is 29.3 Å². The molecule has 5 N–H and O–H groups in total. The van der Waals surface area contributed by atoms with Crippen LogP contribution in [0.3, 0.4) is 0 Å². The van der Waals surface area contributed by atoms with Gasteiger partial charge in [-0.15, -0.1) is 0 Å². The Morgan fingerprint density at radius 3 is 2.48 bits per heavy atom. The summed E-state index contributed by atoms with van der Waals surface area (Å²) in [5.74, 6) is -0.472. The molecule has 0 saturated carbocycles. The summed E-state index contributed by atoms with van der Waals surface area (Å²) >= 11 is 12.2. The minimum atomic E-state index is -3.89. The van der Waals surface area contributed by atoms with Gasteiger partial charge in [-0.3, -0.25) is 4.79 Å². The summed E-state index contributed by atoms with van der Waals surface area (Å²) < 4.78 is 22.7. The predicted molar refractivity (Wildman–Crippen MR) is 108 cm³/mol. The van der Waals surface area contributed by atoms with Gasteiger partial charge < -0.3 is 11.1 Å². The lowest BCUT2D eigenvalue weighted by Crippen LogP contribution is -2.15. The molecule has 0 radical (unpaired) electrons. The molecule has 0 aliphatic rings. The highest BCUT2D eigenvalue weighted by atomic mass is 35.5. The third kappa shape index (κ3) is 5.97. The molecule has 144 valence electrons. The second-order valence-corrected chi connectivity index (χ2v) is 8.14. The minimum Gasteiger partial charge on any atom is -0.405 e. The zero-order chi connectivity index (χ0) is 20.0. The molecule has 6 nitrogen and oxygen atoms in total. The molecule has 2 aromatic carbocycles. The van der Waals surface area contributed by atoms with Crippen molar-refractivity contribution < 1.29 is 13.2 Å².